The first-order chi connectivity index (χ1) is 7.63. The highest BCUT2D eigenvalue weighted by Crippen LogP contribution is 2.25. The number of hydrogen-bond donors (Lipinski definition) is 1. The van der Waals surface area contributed by atoms with E-state index >= 15 is 0 Å². The zero-order valence-corrected chi connectivity index (χ0v) is 9.40. The highest BCUT2D eigenvalue weighted by molar-refractivity contribution is 5.80. The quantitative estimate of drug-likeness (QED) is 0.851. The zero-order chi connectivity index (χ0) is 11.5. The van der Waals surface area contributed by atoms with E-state index in [-0.39, 0.29) is 5.75 Å². The summed E-state index contributed by atoms with van der Waals surface area (Å²) >= 11 is 0. The molecule has 0 aromatic heterocycles. The molecule has 1 fully saturated rings. The summed E-state index contributed by atoms with van der Waals surface area (Å²) in [6.07, 6.45) is 2.25. The average Bonchev–Trinajstić information content (AvgIpc) is 2.60. The third kappa shape index (κ3) is 2.75. The van der Waals surface area contributed by atoms with E-state index in [1.807, 2.05) is 13.0 Å². The summed E-state index contributed by atoms with van der Waals surface area (Å²) in [5, 5.41) is 9.39. The van der Waals surface area contributed by atoms with Crippen LogP contribution < -0.4 is 4.74 Å². The fraction of sp³-hybridized carbons (Fsp3) is 0.462. The van der Waals surface area contributed by atoms with Crippen molar-refractivity contribution in [3.05, 3.63) is 23.8 Å². The lowest BCUT2D eigenvalue weighted by Gasteiger charge is -2.11. The van der Waals surface area contributed by atoms with E-state index in [1.165, 1.54) is 0 Å². The van der Waals surface area contributed by atoms with E-state index < -0.39 is 0 Å². The molecule has 0 heterocycles. The molecular weight excluding hydrogens is 204 g/mol. The van der Waals surface area contributed by atoms with Gasteiger partial charge in [-0.3, -0.25) is 4.79 Å². The van der Waals surface area contributed by atoms with Crippen molar-refractivity contribution in [3.8, 4) is 11.5 Å². The smallest absolute Gasteiger partial charge is 0.133 e. The Labute approximate surface area is 95.0 Å². The van der Waals surface area contributed by atoms with Gasteiger partial charge in [-0.15, -0.1) is 0 Å². The maximum atomic E-state index is 11.1. The molecule has 1 aliphatic carbocycles. The summed E-state index contributed by atoms with van der Waals surface area (Å²) < 4.78 is 5.59. The van der Waals surface area contributed by atoms with E-state index in [0.29, 0.717) is 36.9 Å². The predicted octanol–water partition coefficient (Wildman–Crippen LogP) is 2.45. The number of aryl methyl sites for hydroxylation is 1. The maximum absolute atomic E-state index is 11.1. The van der Waals surface area contributed by atoms with Crippen LogP contribution >= 0.6 is 0 Å². The van der Waals surface area contributed by atoms with Gasteiger partial charge in [-0.05, 0) is 31.0 Å². The Morgan fingerprint density at radius 2 is 2.25 bits per heavy atom. The number of carbonyl (C=O) groups excluding carboxylic acids is 1. The van der Waals surface area contributed by atoms with Crippen molar-refractivity contribution < 1.29 is 14.6 Å². The van der Waals surface area contributed by atoms with Crippen LogP contribution in [-0.4, -0.2) is 17.5 Å². The van der Waals surface area contributed by atoms with Gasteiger partial charge in [0.25, 0.3) is 0 Å². The highest BCUT2D eigenvalue weighted by atomic mass is 16.5. The summed E-state index contributed by atoms with van der Waals surface area (Å²) in [6, 6.07) is 5.17. The summed E-state index contributed by atoms with van der Waals surface area (Å²) in [5.74, 6) is 1.57. The number of ether oxygens (including phenoxy) is 1. The van der Waals surface area contributed by atoms with Gasteiger partial charge in [-0.2, -0.15) is 0 Å². The topological polar surface area (TPSA) is 46.5 Å². The van der Waals surface area contributed by atoms with Crippen LogP contribution in [-0.2, 0) is 4.79 Å². The van der Waals surface area contributed by atoms with Crippen molar-refractivity contribution in [2.24, 2.45) is 5.92 Å². The predicted molar refractivity (Wildman–Crippen MR) is 60.7 cm³/mol. The van der Waals surface area contributed by atoms with Crippen molar-refractivity contribution in [3.63, 3.8) is 0 Å². The van der Waals surface area contributed by atoms with E-state index in [2.05, 4.69) is 0 Å². The van der Waals surface area contributed by atoms with Gasteiger partial charge in [0, 0.05) is 24.8 Å². The summed E-state index contributed by atoms with van der Waals surface area (Å²) in [6.45, 7) is 2.47. The van der Waals surface area contributed by atoms with Crippen molar-refractivity contribution >= 4 is 5.78 Å². The van der Waals surface area contributed by atoms with Crippen LogP contribution in [0.15, 0.2) is 18.2 Å². The fourth-order valence-corrected chi connectivity index (χ4v) is 2.06. The molecule has 1 atom stereocenters. The van der Waals surface area contributed by atoms with Gasteiger partial charge < -0.3 is 9.84 Å². The molecule has 1 aliphatic rings. The number of hydrogen-bond acceptors (Lipinski definition) is 3. The van der Waals surface area contributed by atoms with Gasteiger partial charge >= 0.3 is 0 Å². The number of benzene rings is 1. The number of ketones is 1. The van der Waals surface area contributed by atoms with E-state index in [4.69, 9.17) is 4.74 Å². The van der Waals surface area contributed by atoms with Gasteiger partial charge in [-0.25, -0.2) is 0 Å². The maximum Gasteiger partial charge on any atom is 0.133 e. The second kappa shape index (κ2) is 4.56. The van der Waals surface area contributed by atoms with Gasteiger partial charge in [0.2, 0.25) is 0 Å². The zero-order valence-electron chi connectivity index (χ0n) is 9.40. The first-order valence-electron chi connectivity index (χ1n) is 5.58. The molecule has 3 nitrogen and oxygen atoms in total. The molecule has 0 saturated heterocycles. The summed E-state index contributed by atoms with van der Waals surface area (Å²) in [5.41, 5.74) is 0.970. The minimum Gasteiger partial charge on any atom is -0.508 e. The van der Waals surface area contributed by atoms with Crippen molar-refractivity contribution in [2.45, 2.75) is 26.2 Å². The number of carbonyl (C=O) groups is 1. The molecule has 1 aromatic carbocycles. The lowest BCUT2D eigenvalue weighted by Crippen LogP contribution is -2.08. The third-order valence-electron chi connectivity index (χ3n) is 2.87. The number of rotatable bonds is 3. The number of phenols is 1. The second-order valence-electron chi connectivity index (χ2n) is 4.46. The monoisotopic (exact) mass is 220 g/mol. The minimum atomic E-state index is 0.220. The molecule has 0 bridgehead atoms. The number of Topliss-reactive ketones (excluding diaryl/α,β-unsaturated/α-hetero) is 1. The lowest BCUT2D eigenvalue weighted by molar-refractivity contribution is -0.117. The van der Waals surface area contributed by atoms with E-state index in [9.17, 15) is 9.90 Å². The Balaban J connectivity index is 1.91. The van der Waals surface area contributed by atoms with Gasteiger partial charge in [0.15, 0.2) is 0 Å². The Morgan fingerprint density at radius 1 is 1.44 bits per heavy atom. The molecule has 1 aromatic rings. The van der Waals surface area contributed by atoms with E-state index in [1.54, 1.807) is 12.1 Å². The van der Waals surface area contributed by atoms with Crippen molar-refractivity contribution in [1.29, 1.82) is 0 Å². The Hall–Kier alpha value is -1.51. The normalized spacial score (nSPS) is 20.1. The molecule has 86 valence electrons. The average molecular weight is 220 g/mol. The SMILES string of the molecule is Cc1cc(O)cc(OCC2CCC(=O)C2)c1. The largest absolute Gasteiger partial charge is 0.508 e. The first kappa shape index (κ1) is 11.0. The minimum absolute atomic E-state index is 0.220. The van der Waals surface area contributed by atoms with Crippen molar-refractivity contribution in [2.75, 3.05) is 6.61 Å². The number of aromatic hydroxyl groups is 1. The van der Waals surface area contributed by atoms with Crippen LogP contribution in [0.1, 0.15) is 24.8 Å². The van der Waals surface area contributed by atoms with Crippen LogP contribution in [0.5, 0.6) is 11.5 Å². The third-order valence-corrected chi connectivity index (χ3v) is 2.87. The Bertz CT molecular complexity index is 378. The van der Waals surface area contributed by atoms with Crippen LogP contribution in [0.2, 0.25) is 0 Å². The molecule has 1 unspecified atom stereocenters. The highest BCUT2D eigenvalue weighted by Gasteiger charge is 2.22. The number of phenolic OH excluding ortho intramolecular Hbond substituents is 1. The van der Waals surface area contributed by atoms with Gasteiger partial charge in [-0.1, -0.05) is 0 Å². The molecule has 16 heavy (non-hydrogen) atoms. The van der Waals surface area contributed by atoms with Gasteiger partial charge in [0.05, 0.1) is 6.61 Å². The second-order valence-corrected chi connectivity index (χ2v) is 4.46. The lowest BCUT2D eigenvalue weighted by atomic mass is 10.1. The van der Waals surface area contributed by atoms with Crippen LogP contribution in [0.4, 0.5) is 0 Å². The Kier molecular flexibility index (Phi) is 3.13. The van der Waals surface area contributed by atoms with E-state index in [0.717, 1.165) is 12.0 Å². The van der Waals surface area contributed by atoms with Crippen molar-refractivity contribution in [1.82, 2.24) is 0 Å². The molecule has 1 saturated carbocycles. The standard InChI is InChI=1S/C13H16O3/c1-9-4-12(15)7-13(5-9)16-8-10-2-3-11(14)6-10/h4-5,7,10,15H,2-3,6,8H2,1H3. The molecule has 0 aliphatic heterocycles. The molecule has 0 amide bonds. The molecule has 3 heteroatoms. The Morgan fingerprint density at radius 3 is 2.88 bits per heavy atom. The molecular formula is C13H16O3. The summed E-state index contributed by atoms with van der Waals surface area (Å²) in [4.78, 5) is 11.1. The molecule has 0 spiro atoms. The molecule has 2 rings (SSSR count). The van der Waals surface area contributed by atoms with Crippen LogP contribution in [0, 0.1) is 12.8 Å². The summed E-state index contributed by atoms with van der Waals surface area (Å²) in [7, 11) is 0. The van der Waals surface area contributed by atoms with Gasteiger partial charge in [0.1, 0.15) is 17.3 Å². The fourth-order valence-electron chi connectivity index (χ4n) is 2.06. The molecule has 0 radical (unpaired) electrons. The van der Waals surface area contributed by atoms with Crippen LogP contribution in [0.25, 0.3) is 0 Å². The molecule has 1 N–H and O–H groups in total. The first-order valence-corrected chi connectivity index (χ1v) is 5.58. The van der Waals surface area contributed by atoms with Crippen LogP contribution in [0.3, 0.4) is 0 Å².